The number of aliphatic carboxylic acids is 1. The molecule has 0 heterocycles. The molecule has 11 heavy (non-hydrogen) atoms. The number of rotatable bonds is 4. The van der Waals surface area contributed by atoms with Crippen LogP contribution in [-0.4, -0.2) is 17.6 Å². The van der Waals surface area contributed by atoms with E-state index in [0.717, 1.165) is 0 Å². The van der Waals surface area contributed by atoms with Crippen molar-refractivity contribution in [2.24, 2.45) is 10.5 Å². The minimum Gasteiger partial charge on any atom is -0.481 e. The van der Waals surface area contributed by atoms with Gasteiger partial charge in [-0.25, -0.2) is 0 Å². The van der Waals surface area contributed by atoms with Gasteiger partial charge in [0.15, 0.2) is 0 Å². The predicted octanol–water partition coefficient (Wildman–Crippen LogP) is 1.80. The zero-order chi connectivity index (χ0) is 8.91. The highest BCUT2D eigenvalue weighted by atomic mass is 16.4. The lowest BCUT2D eigenvalue weighted by Gasteiger charge is -2.16. The van der Waals surface area contributed by atoms with E-state index in [2.05, 4.69) is 10.0 Å². The first kappa shape index (κ1) is 9.78. The van der Waals surface area contributed by atoms with Crippen molar-refractivity contribution in [3.05, 3.63) is 10.4 Å². The topological polar surface area (TPSA) is 86.1 Å². The lowest BCUT2D eigenvalue weighted by molar-refractivity contribution is -0.147. The maximum absolute atomic E-state index is 10.5. The van der Waals surface area contributed by atoms with Gasteiger partial charge in [-0.3, -0.25) is 4.79 Å². The molecule has 5 heteroatoms. The molecule has 0 aliphatic carbocycles. The molecule has 0 aliphatic heterocycles. The van der Waals surface area contributed by atoms with Gasteiger partial charge in [0, 0.05) is 11.5 Å². The third-order valence-corrected chi connectivity index (χ3v) is 1.48. The molecule has 0 aromatic heterocycles. The number of carboxylic acid groups (broad SMARTS) is 1. The van der Waals surface area contributed by atoms with Gasteiger partial charge in [-0.1, -0.05) is 5.11 Å². The third kappa shape index (κ3) is 3.47. The summed E-state index contributed by atoms with van der Waals surface area (Å²) in [5.41, 5.74) is 7.12. The van der Waals surface area contributed by atoms with Crippen LogP contribution in [0.3, 0.4) is 0 Å². The number of azide groups is 1. The number of hydrogen-bond donors (Lipinski definition) is 1. The van der Waals surface area contributed by atoms with Crippen molar-refractivity contribution in [3.63, 3.8) is 0 Å². The van der Waals surface area contributed by atoms with E-state index < -0.39 is 11.4 Å². The van der Waals surface area contributed by atoms with Crippen LogP contribution >= 0.6 is 0 Å². The number of carbonyl (C=O) groups is 1. The fourth-order valence-electron chi connectivity index (χ4n) is 0.481. The zero-order valence-corrected chi connectivity index (χ0v) is 6.61. The quantitative estimate of drug-likeness (QED) is 0.383. The first-order valence-electron chi connectivity index (χ1n) is 3.25. The van der Waals surface area contributed by atoms with E-state index in [1.54, 1.807) is 13.8 Å². The van der Waals surface area contributed by atoms with E-state index in [4.69, 9.17) is 10.6 Å². The normalized spacial score (nSPS) is 10.4. The summed E-state index contributed by atoms with van der Waals surface area (Å²) in [5, 5.41) is 11.9. The lowest BCUT2D eigenvalue weighted by atomic mass is 9.90. The summed E-state index contributed by atoms with van der Waals surface area (Å²) in [4.78, 5) is 13.0. The summed E-state index contributed by atoms with van der Waals surface area (Å²) in [5.74, 6) is -0.870. The number of nitrogens with zero attached hydrogens (tertiary/aromatic N) is 3. The van der Waals surface area contributed by atoms with Crippen LogP contribution in [0.2, 0.25) is 0 Å². The fourth-order valence-corrected chi connectivity index (χ4v) is 0.481. The maximum atomic E-state index is 10.5. The largest absolute Gasteiger partial charge is 0.481 e. The monoisotopic (exact) mass is 157 g/mol. The van der Waals surface area contributed by atoms with Gasteiger partial charge in [-0.2, -0.15) is 0 Å². The zero-order valence-electron chi connectivity index (χ0n) is 6.61. The summed E-state index contributed by atoms with van der Waals surface area (Å²) in [7, 11) is 0. The van der Waals surface area contributed by atoms with E-state index in [9.17, 15) is 4.79 Å². The Morgan fingerprint density at radius 2 is 2.27 bits per heavy atom. The van der Waals surface area contributed by atoms with Crippen molar-refractivity contribution in [2.75, 3.05) is 6.54 Å². The van der Waals surface area contributed by atoms with E-state index in [-0.39, 0.29) is 6.54 Å². The van der Waals surface area contributed by atoms with Crippen LogP contribution in [0.1, 0.15) is 20.3 Å². The first-order valence-corrected chi connectivity index (χ1v) is 3.25. The van der Waals surface area contributed by atoms with Gasteiger partial charge in [-0.15, -0.1) is 0 Å². The molecule has 0 fully saturated rings. The summed E-state index contributed by atoms with van der Waals surface area (Å²) in [6.07, 6.45) is 0.367. The Labute approximate surface area is 64.7 Å². The number of carboxylic acids is 1. The van der Waals surface area contributed by atoms with Gasteiger partial charge in [0.25, 0.3) is 0 Å². The van der Waals surface area contributed by atoms with Crippen LogP contribution in [0.5, 0.6) is 0 Å². The van der Waals surface area contributed by atoms with Gasteiger partial charge in [0.05, 0.1) is 5.41 Å². The van der Waals surface area contributed by atoms with E-state index >= 15 is 0 Å². The minimum absolute atomic E-state index is 0.232. The lowest BCUT2D eigenvalue weighted by Crippen LogP contribution is -2.24. The van der Waals surface area contributed by atoms with Gasteiger partial charge < -0.3 is 5.11 Å². The average Bonchev–Trinajstić information content (AvgIpc) is 1.88. The third-order valence-electron chi connectivity index (χ3n) is 1.48. The highest BCUT2D eigenvalue weighted by Crippen LogP contribution is 2.19. The molecule has 5 nitrogen and oxygen atoms in total. The highest BCUT2D eigenvalue weighted by molar-refractivity contribution is 5.73. The van der Waals surface area contributed by atoms with Crippen LogP contribution in [0.4, 0.5) is 0 Å². The molecule has 0 unspecified atom stereocenters. The highest BCUT2D eigenvalue weighted by Gasteiger charge is 2.25. The molecule has 1 N–H and O–H groups in total. The molecule has 0 atom stereocenters. The van der Waals surface area contributed by atoms with Gasteiger partial charge >= 0.3 is 5.97 Å². The van der Waals surface area contributed by atoms with Gasteiger partial charge in [-0.05, 0) is 25.8 Å². The second-order valence-corrected chi connectivity index (χ2v) is 2.89. The molecular formula is C6H11N3O2. The molecule has 0 rings (SSSR count). The van der Waals surface area contributed by atoms with E-state index in [0.29, 0.717) is 6.42 Å². The van der Waals surface area contributed by atoms with Gasteiger partial charge in [0.1, 0.15) is 0 Å². The predicted molar refractivity (Wildman–Crippen MR) is 40.0 cm³/mol. The molecular weight excluding hydrogens is 146 g/mol. The fraction of sp³-hybridized carbons (Fsp3) is 0.833. The van der Waals surface area contributed by atoms with Crippen molar-refractivity contribution in [1.82, 2.24) is 0 Å². The Morgan fingerprint density at radius 1 is 1.73 bits per heavy atom. The van der Waals surface area contributed by atoms with Crippen LogP contribution < -0.4 is 0 Å². The molecule has 0 spiro atoms. The van der Waals surface area contributed by atoms with Crippen LogP contribution in [0, 0.1) is 5.41 Å². The summed E-state index contributed by atoms with van der Waals surface area (Å²) >= 11 is 0. The van der Waals surface area contributed by atoms with Crippen molar-refractivity contribution in [3.8, 4) is 0 Å². The Hall–Kier alpha value is -1.22. The Bertz CT molecular complexity index is 194. The number of hydrogen-bond acceptors (Lipinski definition) is 2. The molecule has 0 aromatic carbocycles. The summed E-state index contributed by atoms with van der Waals surface area (Å²) in [6, 6.07) is 0. The molecule has 0 saturated heterocycles. The van der Waals surface area contributed by atoms with Crippen molar-refractivity contribution in [1.29, 1.82) is 0 Å². The SMILES string of the molecule is CC(C)(CCN=[N+]=[N-])C(=O)O. The molecule has 62 valence electrons. The van der Waals surface area contributed by atoms with E-state index in [1.807, 2.05) is 0 Å². The standard InChI is InChI=1S/C6H11N3O2/c1-6(2,5(10)11)3-4-8-9-7/h3-4H2,1-2H3,(H,10,11). The molecule has 0 aliphatic rings. The second kappa shape index (κ2) is 3.83. The molecule has 0 saturated carbocycles. The molecule has 0 amide bonds. The van der Waals surface area contributed by atoms with Crippen LogP contribution in [0.15, 0.2) is 5.11 Å². The summed E-state index contributed by atoms with van der Waals surface area (Å²) in [6.45, 7) is 3.43. The Balaban J connectivity index is 3.92. The van der Waals surface area contributed by atoms with Gasteiger partial charge in [0.2, 0.25) is 0 Å². The maximum Gasteiger partial charge on any atom is 0.309 e. The van der Waals surface area contributed by atoms with Crippen molar-refractivity contribution >= 4 is 5.97 Å². The molecule has 0 bridgehead atoms. The Kier molecular flexibility index (Phi) is 3.40. The molecule has 0 aromatic rings. The second-order valence-electron chi connectivity index (χ2n) is 2.89. The van der Waals surface area contributed by atoms with Crippen molar-refractivity contribution in [2.45, 2.75) is 20.3 Å². The van der Waals surface area contributed by atoms with E-state index in [1.165, 1.54) is 0 Å². The summed E-state index contributed by atoms with van der Waals surface area (Å²) < 4.78 is 0. The Morgan fingerprint density at radius 3 is 2.64 bits per heavy atom. The van der Waals surface area contributed by atoms with Crippen LogP contribution in [0.25, 0.3) is 10.4 Å². The molecule has 0 radical (unpaired) electrons. The van der Waals surface area contributed by atoms with Crippen molar-refractivity contribution < 1.29 is 9.90 Å². The average molecular weight is 157 g/mol. The van der Waals surface area contributed by atoms with Crippen LogP contribution in [-0.2, 0) is 4.79 Å². The smallest absolute Gasteiger partial charge is 0.309 e. The minimum atomic E-state index is -0.870. The first-order chi connectivity index (χ1) is 5.00.